The number of carbonyl (C=O) groups excluding carboxylic acids is 2. The van der Waals surface area contributed by atoms with Crippen molar-refractivity contribution in [1.29, 1.82) is 0 Å². The molecule has 1 saturated heterocycles. The minimum atomic E-state index is -0.918. The van der Waals surface area contributed by atoms with Crippen molar-refractivity contribution in [3.8, 4) is 0 Å². The van der Waals surface area contributed by atoms with Crippen LogP contribution < -0.4 is 0 Å². The molecule has 8 heteroatoms. The number of carbonyl (C=O) groups is 2. The van der Waals surface area contributed by atoms with Gasteiger partial charge in [0.05, 0.1) is 19.8 Å². The zero-order valence-electron chi connectivity index (χ0n) is 20.0. The van der Waals surface area contributed by atoms with E-state index in [2.05, 4.69) is 6.58 Å². The van der Waals surface area contributed by atoms with Gasteiger partial charge in [-0.15, -0.1) is 6.58 Å². The zero-order chi connectivity index (χ0) is 25.0. The third kappa shape index (κ3) is 8.29. The normalized spacial score (nSPS) is 23.9. The molecular formula is C27H32O8. The molecular weight excluding hydrogens is 452 g/mol. The molecule has 1 fully saturated rings. The van der Waals surface area contributed by atoms with Gasteiger partial charge in [-0.1, -0.05) is 66.7 Å². The van der Waals surface area contributed by atoms with Crippen LogP contribution in [0.3, 0.4) is 0 Å². The molecule has 0 radical (unpaired) electrons. The maximum Gasteiger partial charge on any atom is 0.303 e. The van der Waals surface area contributed by atoms with E-state index in [1.807, 2.05) is 60.7 Å². The Kier molecular flexibility index (Phi) is 10.4. The minimum Gasteiger partial charge on any atom is -0.463 e. The number of esters is 2. The van der Waals surface area contributed by atoms with Crippen LogP contribution in [0.25, 0.3) is 0 Å². The average molecular weight is 485 g/mol. The molecule has 0 spiro atoms. The molecule has 3 rings (SSSR count). The molecule has 0 N–H and O–H groups in total. The Bertz CT molecular complexity index is 933. The maximum absolute atomic E-state index is 12.1. The van der Waals surface area contributed by atoms with E-state index in [1.165, 1.54) is 13.8 Å². The van der Waals surface area contributed by atoms with Gasteiger partial charge in [-0.2, -0.15) is 0 Å². The van der Waals surface area contributed by atoms with Crippen LogP contribution in [0.2, 0.25) is 0 Å². The van der Waals surface area contributed by atoms with Crippen molar-refractivity contribution < 1.29 is 38.0 Å². The molecule has 188 valence electrons. The van der Waals surface area contributed by atoms with Crippen molar-refractivity contribution in [2.75, 3.05) is 13.2 Å². The van der Waals surface area contributed by atoms with Crippen LogP contribution in [0.4, 0.5) is 0 Å². The highest BCUT2D eigenvalue weighted by Gasteiger charge is 2.50. The lowest BCUT2D eigenvalue weighted by molar-refractivity contribution is -0.318. The number of rotatable bonds is 12. The highest BCUT2D eigenvalue weighted by Crippen LogP contribution is 2.31. The molecule has 1 heterocycles. The van der Waals surface area contributed by atoms with Crippen molar-refractivity contribution in [3.63, 3.8) is 0 Å². The molecule has 0 aliphatic carbocycles. The maximum atomic E-state index is 12.1. The Morgan fingerprint density at radius 1 is 0.829 bits per heavy atom. The zero-order valence-corrected chi connectivity index (χ0v) is 20.0. The molecule has 5 atom stereocenters. The molecule has 35 heavy (non-hydrogen) atoms. The van der Waals surface area contributed by atoms with Gasteiger partial charge in [-0.05, 0) is 11.1 Å². The lowest BCUT2D eigenvalue weighted by Gasteiger charge is -2.45. The van der Waals surface area contributed by atoms with Gasteiger partial charge in [-0.3, -0.25) is 9.59 Å². The van der Waals surface area contributed by atoms with E-state index in [-0.39, 0.29) is 26.4 Å². The van der Waals surface area contributed by atoms with Crippen molar-refractivity contribution in [2.24, 2.45) is 0 Å². The summed E-state index contributed by atoms with van der Waals surface area (Å²) in [4.78, 5) is 23.7. The third-order valence-corrected chi connectivity index (χ3v) is 5.29. The quantitative estimate of drug-likeness (QED) is 0.334. The fourth-order valence-corrected chi connectivity index (χ4v) is 3.75. The van der Waals surface area contributed by atoms with E-state index in [1.54, 1.807) is 6.08 Å². The van der Waals surface area contributed by atoms with Gasteiger partial charge < -0.3 is 28.4 Å². The fraction of sp³-hybridized carbons (Fsp3) is 0.407. The van der Waals surface area contributed by atoms with Crippen LogP contribution in [0.5, 0.6) is 0 Å². The average Bonchev–Trinajstić information content (AvgIpc) is 2.85. The summed E-state index contributed by atoms with van der Waals surface area (Å²) in [7, 11) is 0. The fourth-order valence-electron chi connectivity index (χ4n) is 3.75. The summed E-state index contributed by atoms with van der Waals surface area (Å²) < 4.78 is 35.4. The van der Waals surface area contributed by atoms with E-state index < -0.39 is 42.6 Å². The van der Waals surface area contributed by atoms with Gasteiger partial charge >= 0.3 is 11.9 Å². The molecule has 0 bridgehead atoms. The molecule has 1 aliphatic rings. The van der Waals surface area contributed by atoms with E-state index >= 15 is 0 Å². The standard InChI is InChI=1S/C27H32O8/c1-4-15-30-27-26(33-17-22-13-9-6-10-14-22)25(34-20(3)29)24(23(35-27)18-31-19(2)28)32-16-21-11-7-5-8-12-21/h4-14,23-27H,1,15-18H2,2-3H3/t23-,24-,25+,26+,27+/m1/s1. The lowest BCUT2D eigenvalue weighted by atomic mass is 9.98. The van der Waals surface area contributed by atoms with Gasteiger partial charge in [0.1, 0.15) is 24.9 Å². The summed E-state index contributed by atoms with van der Waals surface area (Å²) in [6.07, 6.45) is -2.59. The van der Waals surface area contributed by atoms with E-state index in [0.717, 1.165) is 11.1 Å². The van der Waals surface area contributed by atoms with Crippen LogP contribution >= 0.6 is 0 Å². The topological polar surface area (TPSA) is 89.5 Å². The summed E-state index contributed by atoms with van der Waals surface area (Å²) >= 11 is 0. The smallest absolute Gasteiger partial charge is 0.303 e. The third-order valence-electron chi connectivity index (χ3n) is 5.29. The summed E-state index contributed by atoms with van der Waals surface area (Å²) in [5.41, 5.74) is 1.85. The second-order valence-electron chi connectivity index (χ2n) is 8.06. The Morgan fingerprint density at radius 3 is 1.91 bits per heavy atom. The Balaban J connectivity index is 1.88. The molecule has 2 aromatic carbocycles. The van der Waals surface area contributed by atoms with Crippen molar-refractivity contribution in [3.05, 3.63) is 84.4 Å². The first-order chi connectivity index (χ1) is 17.0. The second kappa shape index (κ2) is 13.7. The van der Waals surface area contributed by atoms with E-state index in [0.29, 0.717) is 0 Å². The lowest BCUT2D eigenvalue weighted by Crippen LogP contribution is -2.62. The van der Waals surface area contributed by atoms with Crippen molar-refractivity contribution >= 4 is 11.9 Å². The van der Waals surface area contributed by atoms with E-state index in [4.69, 9.17) is 28.4 Å². The Morgan fingerprint density at radius 2 is 1.40 bits per heavy atom. The number of ether oxygens (including phenoxy) is 6. The van der Waals surface area contributed by atoms with Gasteiger partial charge in [0, 0.05) is 13.8 Å². The van der Waals surface area contributed by atoms with Crippen LogP contribution in [-0.2, 0) is 51.2 Å². The minimum absolute atomic E-state index is 0.105. The summed E-state index contributed by atoms with van der Waals surface area (Å²) in [6, 6.07) is 19.1. The highest BCUT2D eigenvalue weighted by molar-refractivity contribution is 5.66. The van der Waals surface area contributed by atoms with Crippen molar-refractivity contribution in [1.82, 2.24) is 0 Å². The SMILES string of the molecule is C=CCO[C@H]1O[C@H](COC(C)=O)[C@@H](OCc2ccccc2)[C@H](OC(C)=O)[C@@H]1OCc1ccccc1. The Labute approximate surface area is 205 Å². The first-order valence-corrected chi connectivity index (χ1v) is 11.5. The Hall–Kier alpha value is -3.04. The molecule has 0 amide bonds. The molecule has 8 nitrogen and oxygen atoms in total. The monoisotopic (exact) mass is 484 g/mol. The molecule has 1 aliphatic heterocycles. The van der Waals surface area contributed by atoms with Crippen molar-refractivity contribution in [2.45, 2.75) is 57.8 Å². The summed E-state index contributed by atoms with van der Waals surface area (Å²) in [6.45, 7) is 6.85. The van der Waals surface area contributed by atoms with E-state index in [9.17, 15) is 9.59 Å². The summed E-state index contributed by atoms with van der Waals surface area (Å²) in [5, 5.41) is 0. The van der Waals surface area contributed by atoms with Crippen LogP contribution in [0.1, 0.15) is 25.0 Å². The second-order valence-corrected chi connectivity index (χ2v) is 8.06. The molecule has 0 aromatic heterocycles. The van der Waals surface area contributed by atoms with Crippen LogP contribution in [0, 0.1) is 0 Å². The van der Waals surface area contributed by atoms with Gasteiger partial charge in [0.15, 0.2) is 12.4 Å². The number of hydrogen-bond donors (Lipinski definition) is 0. The molecule has 0 saturated carbocycles. The molecule has 2 aromatic rings. The number of hydrogen-bond acceptors (Lipinski definition) is 8. The predicted octanol–water partition coefficient (Wildman–Crippen LogP) is 3.58. The van der Waals surface area contributed by atoms with Gasteiger partial charge in [-0.25, -0.2) is 0 Å². The summed E-state index contributed by atoms with van der Waals surface area (Å²) in [5.74, 6) is -0.974. The first kappa shape index (κ1) is 26.6. The van der Waals surface area contributed by atoms with Crippen LogP contribution in [0.15, 0.2) is 73.3 Å². The van der Waals surface area contributed by atoms with Gasteiger partial charge in [0.2, 0.25) is 0 Å². The predicted molar refractivity (Wildman–Crippen MR) is 127 cm³/mol. The molecule has 0 unspecified atom stereocenters. The largest absolute Gasteiger partial charge is 0.463 e. The first-order valence-electron chi connectivity index (χ1n) is 11.5. The van der Waals surface area contributed by atoms with Crippen LogP contribution in [-0.4, -0.2) is 55.9 Å². The van der Waals surface area contributed by atoms with Gasteiger partial charge in [0.25, 0.3) is 0 Å². The number of benzene rings is 2. The highest BCUT2D eigenvalue weighted by atomic mass is 16.7.